The second-order valence-electron chi connectivity index (χ2n) is 10.0. The van der Waals surface area contributed by atoms with Gasteiger partial charge in [0.15, 0.2) is 5.79 Å². The van der Waals surface area contributed by atoms with Crippen molar-refractivity contribution < 1.29 is 14.6 Å². The molecular weight excluding hydrogens is 300 g/mol. The molecule has 0 amide bonds. The lowest BCUT2D eigenvalue weighted by atomic mass is 9.45. The molecule has 5 fully saturated rings. The maximum Gasteiger partial charge on any atom is 0.174 e. The minimum atomic E-state index is -0.261. The molecule has 0 bridgehead atoms. The number of aliphatic hydroxyl groups excluding tert-OH is 1. The van der Waals surface area contributed by atoms with Gasteiger partial charge in [0.2, 0.25) is 0 Å². The van der Waals surface area contributed by atoms with Crippen LogP contribution in [0.2, 0.25) is 0 Å². The summed E-state index contributed by atoms with van der Waals surface area (Å²) >= 11 is 0. The van der Waals surface area contributed by atoms with Gasteiger partial charge in [0.1, 0.15) is 0 Å². The van der Waals surface area contributed by atoms with Gasteiger partial charge >= 0.3 is 0 Å². The zero-order valence-corrected chi connectivity index (χ0v) is 15.4. The van der Waals surface area contributed by atoms with Crippen LogP contribution in [0.15, 0.2) is 0 Å². The maximum absolute atomic E-state index is 10.2. The second kappa shape index (κ2) is 5.20. The van der Waals surface area contributed by atoms with E-state index < -0.39 is 0 Å². The fourth-order valence-electron chi connectivity index (χ4n) is 8.12. The third-order valence-electron chi connectivity index (χ3n) is 9.44. The van der Waals surface area contributed by atoms with Crippen LogP contribution in [0.3, 0.4) is 0 Å². The molecule has 4 aliphatic carbocycles. The molecule has 1 saturated heterocycles. The van der Waals surface area contributed by atoms with Gasteiger partial charge in [-0.05, 0) is 80.5 Å². The van der Waals surface area contributed by atoms with Gasteiger partial charge in [-0.2, -0.15) is 0 Å². The summed E-state index contributed by atoms with van der Waals surface area (Å²) in [4.78, 5) is 0. The van der Waals surface area contributed by atoms with Crippen molar-refractivity contribution in [3.8, 4) is 0 Å². The molecular formula is C21H34O3. The standard InChI is InChI=1S/C21H34O3/c1-19-8-5-15(22)13-14(19)3-4-16-17(19)6-9-20(2)18(16)7-10-21(20)23-11-12-24-21/h14-18,22H,3-13H2,1-2H3. The Kier molecular flexibility index (Phi) is 3.49. The Bertz CT molecular complexity index is 513. The van der Waals surface area contributed by atoms with Gasteiger partial charge in [0.05, 0.1) is 19.3 Å². The molecule has 1 N–H and O–H groups in total. The van der Waals surface area contributed by atoms with E-state index in [-0.39, 0.29) is 17.3 Å². The number of rotatable bonds is 0. The SMILES string of the molecule is CC12CCC(O)CC1CCC1C2CCC2(C)C1CCC21OCCO1. The number of ether oxygens (including phenoxy) is 2. The van der Waals surface area contributed by atoms with E-state index in [1.807, 2.05) is 0 Å². The van der Waals surface area contributed by atoms with Crippen LogP contribution in [0.25, 0.3) is 0 Å². The lowest BCUT2D eigenvalue weighted by Crippen LogP contribution is -2.57. The van der Waals surface area contributed by atoms with E-state index in [1.54, 1.807) is 0 Å². The van der Waals surface area contributed by atoms with Crippen molar-refractivity contribution in [2.24, 2.45) is 34.5 Å². The van der Waals surface area contributed by atoms with Crippen LogP contribution in [0.1, 0.15) is 71.6 Å². The van der Waals surface area contributed by atoms with E-state index >= 15 is 0 Å². The molecule has 5 rings (SSSR count). The first kappa shape index (κ1) is 16.1. The third-order valence-corrected chi connectivity index (χ3v) is 9.44. The summed E-state index contributed by atoms with van der Waals surface area (Å²) in [5.74, 6) is 2.98. The molecule has 0 aromatic rings. The number of aliphatic hydroxyl groups is 1. The van der Waals surface area contributed by atoms with Crippen LogP contribution < -0.4 is 0 Å². The summed E-state index contributed by atoms with van der Waals surface area (Å²) in [6, 6.07) is 0. The molecule has 0 aromatic carbocycles. The normalized spacial score (nSPS) is 55.9. The van der Waals surface area contributed by atoms with E-state index in [2.05, 4.69) is 13.8 Å². The Balaban J connectivity index is 1.45. The van der Waals surface area contributed by atoms with Crippen LogP contribution in [0.5, 0.6) is 0 Å². The van der Waals surface area contributed by atoms with Gasteiger partial charge in [-0.1, -0.05) is 13.8 Å². The minimum absolute atomic E-state index is 0.0384. The molecule has 1 heterocycles. The fraction of sp³-hybridized carbons (Fsp3) is 1.00. The Morgan fingerprint density at radius 2 is 1.58 bits per heavy atom. The molecule has 3 nitrogen and oxygen atoms in total. The van der Waals surface area contributed by atoms with Crippen molar-refractivity contribution in [1.82, 2.24) is 0 Å². The van der Waals surface area contributed by atoms with E-state index in [0.717, 1.165) is 56.1 Å². The van der Waals surface area contributed by atoms with E-state index in [9.17, 15) is 5.11 Å². The van der Waals surface area contributed by atoms with Gasteiger partial charge in [0, 0.05) is 11.8 Å². The minimum Gasteiger partial charge on any atom is -0.393 e. The molecule has 0 aromatic heterocycles. The topological polar surface area (TPSA) is 38.7 Å². The van der Waals surface area contributed by atoms with Gasteiger partial charge < -0.3 is 14.6 Å². The molecule has 1 aliphatic heterocycles. The molecule has 136 valence electrons. The van der Waals surface area contributed by atoms with Gasteiger partial charge in [0.25, 0.3) is 0 Å². The van der Waals surface area contributed by atoms with E-state index in [4.69, 9.17) is 9.47 Å². The molecule has 7 atom stereocenters. The second-order valence-corrected chi connectivity index (χ2v) is 10.0. The lowest BCUT2D eigenvalue weighted by molar-refractivity contribution is -0.247. The predicted molar refractivity (Wildman–Crippen MR) is 92.4 cm³/mol. The summed E-state index contributed by atoms with van der Waals surface area (Å²) in [5.41, 5.74) is 0.693. The summed E-state index contributed by atoms with van der Waals surface area (Å²) in [5, 5.41) is 10.2. The molecule has 4 saturated carbocycles. The van der Waals surface area contributed by atoms with Crippen LogP contribution in [-0.2, 0) is 9.47 Å². The van der Waals surface area contributed by atoms with Crippen molar-refractivity contribution in [1.29, 1.82) is 0 Å². The first-order chi connectivity index (χ1) is 11.5. The van der Waals surface area contributed by atoms with E-state index in [1.165, 1.54) is 38.5 Å². The highest BCUT2D eigenvalue weighted by molar-refractivity contribution is 5.12. The van der Waals surface area contributed by atoms with Crippen LogP contribution in [-0.4, -0.2) is 30.2 Å². The predicted octanol–water partition coefficient (Wildman–Crippen LogP) is 4.13. The number of fused-ring (bicyclic) bond motifs is 6. The smallest absolute Gasteiger partial charge is 0.174 e. The van der Waals surface area contributed by atoms with Crippen LogP contribution in [0, 0.1) is 34.5 Å². The Morgan fingerprint density at radius 3 is 2.38 bits per heavy atom. The lowest BCUT2D eigenvalue weighted by Gasteiger charge is -2.61. The monoisotopic (exact) mass is 334 g/mol. The third kappa shape index (κ3) is 1.90. The Morgan fingerprint density at radius 1 is 0.833 bits per heavy atom. The van der Waals surface area contributed by atoms with Gasteiger partial charge in [-0.15, -0.1) is 0 Å². The molecule has 7 unspecified atom stereocenters. The van der Waals surface area contributed by atoms with Crippen LogP contribution >= 0.6 is 0 Å². The quantitative estimate of drug-likeness (QED) is 0.724. The molecule has 0 radical (unpaired) electrons. The summed E-state index contributed by atoms with van der Waals surface area (Å²) in [6.07, 6.45) is 11.0. The van der Waals surface area contributed by atoms with Crippen molar-refractivity contribution in [2.75, 3.05) is 13.2 Å². The number of hydrogen-bond donors (Lipinski definition) is 1. The van der Waals surface area contributed by atoms with Gasteiger partial charge in [-0.25, -0.2) is 0 Å². The fourth-order valence-corrected chi connectivity index (χ4v) is 8.12. The molecule has 24 heavy (non-hydrogen) atoms. The zero-order valence-electron chi connectivity index (χ0n) is 15.4. The largest absolute Gasteiger partial charge is 0.393 e. The van der Waals surface area contributed by atoms with Crippen molar-refractivity contribution in [2.45, 2.75) is 83.5 Å². The zero-order chi connectivity index (χ0) is 16.6. The Labute approximate surface area is 146 Å². The summed E-state index contributed by atoms with van der Waals surface area (Å²) in [6.45, 7) is 6.61. The van der Waals surface area contributed by atoms with Crippen molar-refractivity contribution in [3.05, 3.63) is 0 Å². The average molecular weight is 335 g/mol. The van der Waals surface area contributed by atoms with Crippen molar-refractivity contribution >= 4 is 0 Å². The summed E-state index contributed by atoms with van der Waals surface area (Å²) < 4.78 is 12.5. The van der Waals surface area contributed by atoms with Gasteiger partial charge in [-0.3, -0.25) is 0 Å². The first-order valence-corrected chi connectivity index (χ1v) is 10.4. The highest BCUT2D eigenvalue weighted by Gasteiger charge is 2.67. The molecule has 3 heteroatoms. The van der Waals surface area contributed by atoms with E-state index in [0.29, 0.717) is 5.41 Å². The maximum atomic E-state index is 10.2. The highest BCUT2D eigenvalue weighted by atomic mass is 16.7. The Hall–Kier alpha value is -0.120. The summed E-state index contributed by atoms with van der Waals surface area (Å²) in [7, 11) is 0. The number of hydrogen-bond acceptors (Lipinski definition) is 3. The molecule has 5 aliphatic rings. The highest BCUT2D eigenvalue weighted by Crippen LogP contribution is 2.69. The average Bonchev–Trinajstić information content (AvgIpc) is 3.15. The van der Waals surface area contributed by atoms with Crippen molar-refractivity contribution in [3.63, 3.8) is 0 Å². The first-order valence-electron chi connectivity index (χ1n) is 10.4. The van der Waals surface area contributed by atoms with Crippen LogP contribution in [0.4, 0.5) is 0 Å². The molecule has 1 spiro atoms.